The monoisotopic (exact) mass is 200 g/mol. The van der Waals surface area contributed by atoms with Crippen molar-refractivity contribution < 1.29 is 9.90 Å². The molecule has 0 saturated carbocycles. The molecule has 0 aromatic carbocycles. The second kappa shape index (κ2) is 6.86. The Hall–Kier alpha value is -0.530. The minimum absolute atomic E-state index is 0.144. The zero-order chi connectivity index (χ0) is 11.1. The summed E-state index contributed by atoms with van der Waals surface area (Å²) in [5, 5.41) is 9.06. The van der Waals surface area contributed by atoms with Gasteiger partial charge in [0.05, 0.1) is 5.92 Å². The van der Waals surface area contributed by atoms with Crippen molar-refractivity contribution in [2.24, 2.45) is 17.8 Å². The summed E-state index contributed by atoms with van der Waals surface area (Å²) in [4.78, 5) is 11.0. The van der Waals surface area contributed by atoms with Gasteiger partial charge in [0.1, 0.15) is 0 Å². The molecule has 0 aliphatic rings. The first-order valence-corrected chi connectivity index (χ1v) is 5.75. The Kier molecular flexibility index (Phi) is 6.60. The Morgan fingerprint density at radius 1 is 1.14 bits per heavy atom. The minimum atomic E-state index is -0.623. The number of carboxylic acids is 1. The fraction of sp³-hybridized carbons (Fsp3) is 0.917. The van der Waals surface area contributed by atoms with Crippen LogP contribution >= 0.6 is 0 Å². The maximum absolute atomic E-state index is 11.0. The van der Waals surface area contributed by atoms with Crippen LogP contribution < -0.4 is 0 Å². The van der Waals surface area contributed by atoms with Crippen LogP contribution in [0.2, 0.25) is 0 Å². The number of carbonyl (C=O) groups is 1. The average molecular weight is 200 g/mol. The van der Waals surface area contributed by atoms with Crippen LogP contribution in [0, 0.1) is 17.8 Å². The third kappa shape index (κ3) is 4.64. The van der Waals surface area contributed by atoms with Gasteiger partial charge >= 0.3 is 5.97 Å². The molecule has 14 heavy (non-hydrogen) atoms. The van der Waals surface area contributed by atoms with E-state index in [2.05, 4.69) is 20.8 Å². The van der Waals surface area contributed by atoms with Gasteiger partial charge in [-0.05, 0) is 24.7 Å². The molecule has 0 radical (unpaired) electrons. The van der Waals surface area contributed by atoms with Crippen molar-refractivity contribution >= 4 is 5.97 Å². The Bertz CT molecular complexity index is 166. The molecule has 1 N–H and O–H groups in total. The number of aliphatic carboxylic acids is 1. The molecule has 0 saturated heterocycles. The molecule has 0 rings (SSSR count). The van der Waals surface area contributed by atoms with E-state index in [0.29, 0.717) is 11.8 Å². The van der Waals surface area contributed by atoms with Crippen molar-refractivity contribution in [3.63, 3.8) is 0 Å². The molecule has 0 fully saturated rings. The molecular weight excluding hydrogens is 176 g/mol. The maximum atomic E-state index is 11.0. The second-order valence-electron chi connectivity index (χ2n) is 4.42. The molecule has 0 aliphatic carbocycles. The molecule has 3 atom stereocenters. The molecule has 2 heteroatoms. The SMILES string of the molecule is CCC(C)CCC(C(=O)O)C(C)CC. The van der Waals surface area contributed by atoms with Gasteiger partial charge in [0.25, 0.3) is 0 Å². The predicted octanol–water partition coefficient (Wildman–Crippen LogP) is 3.56. The van der Waals surface area contributed by atoms with Gasteiger partial charge < -0.3 is 5.11 Å². The van der Waals surface area contributed by atoms with Crippen LogP contribution in [0.1, 0.15) is 53.4 Å². The lowest BCUT2D eigenvalue weighted by molar-refractivity contribution is -0.143. The summed E-state index contributed by atoms with van der Waals surface area (Å²) >= 11 is 0. The fourth-order valence-electron chi connectivity index (χ4n) is 1.60. The van der Waals surface area contributed by atoms with Gasteiger partial charge in [-0.1, -0.05) is 40.5 Å². The topological polar surface area (TPSA) is 37.3 Å². The Morgan fingerprint density at radius 2 is 1.71 bits per heavy atom. The molecule has 0 bridgehead atoms. The van der Waals surface area contributed by atoms with E-state index >= 15 is 0 Å². The number of rotatable bonds is 7. The van der Waals surface area contributed by atoms with Crippen molar-refractivity contribution in [3.05, 3.63) is 0 Å². The molecular formula is C12H24O2. The van der Waals surface area contributed by atoms with Crippen molar-refractivity contribution in [2.75, 3.05) is 0 Å². The lowest BCUT2D eigenvalue weighted by atomic mass is 9.85. The molecule has 3 unspecified atom stereocenters. The summed E-state index contributed by atoms with van der Waals surface area (Å²) < 4.78 is 0. The molecule has 0 aromatic heterocycles. The molecule has 0 spiro atoms. The summed E-state index contributed by atoms with van der Waals surface area (Å²) in [6, 6.07) is 0. The van der Waals surface area contributed by atoms with Gasteiger partial charge in [-0.3, -0.25) is 4.79 Å². The zero-order valence-corrected chi connectivity index (χ0v) is 9.92. The molecule has 0 amide bonds. The third-order valence-corrected chi connectivity index (χ3v) is 3.32. The van der Waals surface area contributed by atoms with Crippen molar-refractivity contribution in [1.29, 1.82) is 0 Å². The molecule has 0 heterocycles. The second-order valence-corrected chi connectivity index (χ2v) is 4.42. The van der Waals surface area contributed by atoms with Crippen LogP contribution in [0.5, 0.6) is 0 Å². The Morgan fingerprint density at radius 3 is 2.07 bits per heavy atom. The summed E-state index contributed by atoms with van der Waals surface area (Å²) in [6.45, 7) is 8.44. The van der Waals surface area contributed by atoms with E-state index in [9.17, 15) is 4.79 Å². The van der Waals surface area contributed by atoms with Crippen molar-refractivity contribution in [1.82, 2.24) is 0 Å². The summed E-state index contributed by atoms with van der Waals surface area (Å²) in [5.41, 5.74) is 0. The van der Waals surface area contributed by atoms with E-state index < -0.39 is 5.97 Å². The van der Waals surface area contributed by atoms with E-state index in [-0.39, 0.29) is 5.92 Å². The average Bonchev–Trinajstić information content (AvgIpc) is 2.16. The highest BCUT2D eigenvalue weighted by Crippen LogP contribution is 2.23. The van der Waals surface area contributed by atoms with E-state index in [4.69, 9.17) is 5.11 Å². The fourth-order valence-corrected chi connectivity index (χ4v) is 1.60. The number of hydrogen-bond donors (Lipinski definition) is 1. The van der Waals surface area contributed by atoms with Crippen LogP contribution in [0.4, 0.5) is 0 Å². The van der Waals surface area contributed by atoms with Crippen molar-refractivity contribution in [3.8, 4) is 0 Å². The van der Waals surface area contributed by atoms with Crippen LogP contribution in [0.3, 0.4) is 0 Å². The zero-order valence-electron chi connectivity index (χ0n) is 9.92. The van der Waals surface area contributed by atoms with E-state index in [0.717, 1.165) is 25.7 Å². The van der Waals surface area contributed by atoms with E-state index in [1.165, 1.54) is 0 Å². The van der Waals surface area contributed by atoms with Crippen molar-refractivity contribution in [2.45, 2.75) is 53.4 Å². The Labute approximate surface area is 87.7 Å². The van der Waals surface area contributed by atoms with Crippen LogP contribution in [-0.4, -0.2) is 11.1 Å². The first-order chi connectivity index (χ1) is 6.52. The quantitative estimate of drug-likeness (QED) is 0.682. The van der Waals surface area contributed by atoms with Gasteiger partial charge in [-0.2, -0.15) is 0 Å². The highest BCUT2D eigenvalue weighted by Gasteiger charge is 2.23. The van der Waals surface area contributed by atoms with Gasteiger partial charge in [0, 0.05) is 0 Å². The summed E-state index contributed by atoms with van der Waals surface area (Å²) in [7, 11) is 0. The largest absolute Gasteiger partial charge is 0.481 e. The van der Waals surface area contributed by atoms with Gasteiger partial charge in [0.2, 0.25) is 0 Å². The standard InChI is InChI=1S/C12H24O2/c1-5-9(3)7-8-11(12(13)14)10(4)6-2/h9-11H,5-8H2,1-4H3,(H,13,14). The van der Waals surface area contributed by atoms with Gasteiger partial charge in [0.15, 0.2) is 0 Å². The van der Waals surface area contributed by atoms with Crippen LogP contribution in [0.25, 0.3) is 0 Å². The van der Waals surface area contributed by atoms with Crippen LogP contribution in [0.15, 0.2) is 0 Å². The van der Waals surface area contributed by atoms with Gasteiger partial charge in [-0.25, -0.2) is 0 Å². The molecule has 0 aliphatic heterocycles. The minimum Gasteiger partial charge on any atom is -0.481 e. The molecule has 0 aromatic rings. The lowest BCUT2D eigenvalue weighted by Gasteiger charge is -2.20. The van der Waals surface area contributed by atoms with E-state index in [1.54, 1.807) is 0 Å². The predicted molar refractivity (Wildman–Crippen MR) is 59.3 cm³/mol. The highest BCUT2D eigenvalue weighted by molar-refractivity contribution is 5.70. The smallest absolute Gasteiger partial charge is 0.306 e. The third-order valence-electron chi connectivity index (χ3n) is 3.32. The maximum Gasteiger partial charge on any atom is 0.306 e. The summed E-state index contributed by atoms with van der Waals surface area (Å²) in [5.74, 6) is 0.189. The number of carboxylic acid groups (broad SMARTS) is 1. The molecule has 2 nitrogen and oxygen atoms in total. The van der Waals surface area contributed by atoms with Gasteiger partial charge in [-0.15, -0.1) is 0 Å². The summed E-state index contributed by atoms with van der Waals surface area (Å²) in [6.07, 6.45) is 3.97. The van der Waals surface area contributed by atoms with Crippen LogP contribution in [-0.2, 0) is 4.79 Å². The Balaban J connectivity index is 4.04. The van der Waals surface area contributed by atoms with E-state index in [1.807, 2.05) is 6.92 Å². The normalized spacial score (nSPS) is 17.4. The first kappa shape index (κ1) is 13.5. The molecule has 84 valence electrons. The lowest BCUT2D eigenvalue weighted by Crippen LogP contribution is -2.21. The first-order valence-electron chi connectivity index (χ1n) is 5.75. The number of hydrogen-bond acceptors (Lipinski definition) is 1. The highest BCUT2D eigenvalue weighted by atomic mass is 16.4.